The summed E-state index contributed by atoms with van der Waals surface area (Å²) in [4.78, 5) is 47.1. The fourth-order valence-electron chi connectivity index (χ4n) is 5.70. The number of benzene rings is 1. The van der Waals surface area contributed by atoms with E-state index < -0.39 is 35.4 Å². The quantitative estimate of drug-likeness (QED) is 0.113. The van der Waals surface area contributed by atoms with Crippen molar-refractivity contribution in [1.82, 2.24) is 20.5 Å². The molecule has 16 heteroatoms. The van der Waals surface area contributed by atoms with E-state index in [1.165, 1.54) is 4.90 Å². The number of aromatic nitrogens is 1. The van der Waals surface area contributed by atoms with E-state index in [0.29, 0.717) is 72.7 Å². The molecule has 1 aliphatic rings. The first-order chi connectivity index (χ1) is 26.4. The Kier molecular flexibility index (Phi) is 21.3. The third kappa shape index (κ3) is 16.9. The summed E-state index contributed by atoms with van der Waals surface area (Å²) in [5.41, 5.74) is 4.04. The lowest BCUT2D eigenvalue weighted by Crippen LogP contribution is -2.58. The zero-order valence-electron chi connectivity index (χ0n) is 33.0. The van der Waals surface area contributed by atoms with Crippen molar-refractivity contribution in [2.24, 2.45) is 5.41 Å². The molecular weight excluding hydrogens is 733 g/mol. The number of amides is 3. The number of nitrogens with one attached hydrogen (secondary N) is 2. The SMILES string of the molecule is [CH2]COCCOCCOCCOCCOCCOCCOCC(=O)N[C@H](C(=O)N1C[C@H](O)C[C@H]1C(=O)N[C@@H](C)c1ccc(-c2scnc2C)cc1)C(C)(C)C. The van der Waals surface area contributed by atoms with Crippen molar-refractivity contribution >= 4 is 29.1 Å². The Labute approximate surface area is 329 Å². The molecule has 3 N–H and O–H groups in total. The maximum absolute atomic E-state index is 13.9. The first-order valence-corrected chi connectivity index (χ1v) is 19.7. The minimum atomic E-state index is -0.955. The molecule has 0 bridgehead atoms. The number of aliphatic hydroxyl groups excluding tert-OH is 1. The molecule has 309 valence electrons. The van der Waals surface area contributed by atoms with Crippen molar-refractivity contribution in [2.45, 2.75) is 65.3 Å². The number of carbonyl (C=O) groups is 3. The summed E-state index contributed by atoms with van der Waals surface area (Å²) >= 11 is 1.57. The molecule has 1 radical (unpaired) electrons. The predicted molar refractivity (Wildman–Crippen MR) is 207 cm³/mol. The molecule has 55 heavy (non-hydrogen) atoms. The predicted octanol–water partition coefficient (Wildman–Crippen LogP) is 2.74. The third-order valence-corrected chi connectivity index (χ3v) is 9.65. The summed E-state index contributed by atoms with van der Waals surface area (Å²) < 4.78 is 37.8. The average molecular weight is 794 g/mol. The number of thiazole rings is 1. The van der Waals surface area contributed by atoms with Gasteiger partial charge in [0.1, 0.15) is 18.7 Å². The first-order valence-electron chi connectivity index (χ1n) is 18.8. The first kappa shape index (κ1) is 46.3. The zero-order valence-corrected chi connectivity index (χ0v) is 33.9. The van der Waals surface area contributed by atoms with Gasteiger partial charge in [0, 0.05) is 19.6 Å². The van der Waals surface area contributed by atoms with Gasteiger partial charge in [-0.25, -0.2) is 4.98 Å². The summed E-state index contributed by atoms with van der Waals surface area (Å²) in [6.45, 7) is 18.1. The second kappa shape index (κ2) is 25.2. The lowest BCUT2D eigenvalue weighted by molar-refractivity contribution is -0.144. The molecule has 0 unspecified atom stereocenters. The Balaban J connectivity index is 1.31. The van der Waals surface area contributed by atoms with Gasteiger partial charge in [-0.15, -0.1) is 11.3 Å². The normalized spacial score (nSPS) is 17.0. The number of hydrogen-bond acceptors (Lipinski definition) is 13. The maximum atomic E-state index is 13.9. The minimum Gasteiger partial charge on any atom is -0.391 e. The van der Waals surface area contributed by atoms with Gasteiger partial charge in [-0.3, -0.25) is 14.4 Å². The fourth-order valence-corrected chi connectivity index (χ4v) is 6.51. The maximum Gasteiger partial charge on any atom is 0.246 e. The number of aryl methyl sites for hydroxylation is 1. The van der Waals surface area contributed by atoms with Gasteiger partial charge in [0.15, 0.2) is 0 Å². The van der Waals surface area contributed by atoms with Crippen LogP contribution >= 0.6 is 11.3 Å². The van der Waals surface area contributed by atoms with Crippen molar-refractivity contribution in [1.29, 1.82) is 0 Å². The molecule has 2 aromatic rings. The van der Waals surface area contributed by atoms with E-state index in [0.717, 1.165) is 21.7 Å². The van der Waals surface area contributed by atoms with E-state index in [1.807, 2.05) is 64.4 Å². The summed E-state index contributed by atoms with van der Waals surface area (Å²) in [6, 6.07) is 5.74. The molecule has 3 amide bonds. The van der Waals surface area contributed by atoms with Gasteiger partial charge in [0.25, 0.3) is 0 Å². The van der Waals surface area contributed by atoms with E-state index >= 15 is 0 Å². The number of hydrogen-bond donors (Lipinski definition) is 3. The Morgan fingerprint density at radius 2 is 1.36 bits per heavy atom. The van der Waals surface area contributed by atoms with Crippen LogP contribution in [0.25, 0.3) is 10.4 Å². The molecule has 1 aromatic heterocycles. The van der Waals surface area contributed by atoms with Crippen LogP contribution in [0.4, 0.5) is 0 Å². The van der Waals surface area contributed by atoms with E-state index in [9.17, 15) is 19.5 Å². The average Bonchev–Trinajstić information content (AvgIpc) is 3.77. The van der Waals surface area contributed by atoms with Gasteiger partial charge in [0.05, 0.1) is 108 Å². The molecule has 1 saturated heterocycles. The van der Waals surface area contributed by atoms with Crippen molar-refractivity contribution in [3.63, 3.8) is 0 Å². The van der Waals surface area contributed by atoms with Gasteiger partial charge >= 0.3 is 0 Å². The van der Waals surface area contributed by atoms with Crippen LogP contribution in [0.1, 0.15) is 51.4 Å². The number of nitrogens with zero attached hydrogens (tertiary/aromatic N) is 2. The van der Waals surface area contributed by atoms with Crippen LogP contribution < -0.4 is 10.6 Å². The lowest BCUT2D eigenvalue weighted by Gasteiger charge is -2.35. The van der Waals surface area contributed by atoms with Gasteiger partial charge in [-0.2, -0.15) is 0 Å². The van der Waals surface area contributed by atoms with E-state index in [2.05, 4.69) is 22.5 Å². The second-order valence-corrected chi connectivity index (χ2v) is 15.0. The zero-order chi connectivity index (χ0) is 40.1. The highest BCUT2D eigenvalue weighted by Gasteiger charge is 2.44. The van der Waals surface area contributed by atoms with Gasteiger partial charge in [0.2, 0.25) is 17.7 Å². The molecule has 4 atom stereocenters. The molecule has 1 aliphatic heterocycles. The summed E-state index contributed by atoms with van der Waals surface area (Å²) in [5.74, 6) is -1.28. The number of ether oxygens (including phenoxy) is 7. The Morgan fingerprint density at radius 3 is 1.84 bits per heavy atom. The van der Waals surface area contributed by atoms with Crippen LogP contribution in [0.15, 0.2) is 29.8 Å². The second-order valence-electron chi connectivity index (χ2n) is 14.1. The molecule has 0 aliphatic carbocycles. The summed E-state index contributed by atoms with van der Waals surface area (Å²) in [7, 11) is 0. The van der Waals surface area contributed by atoms with Gasteiger partial charge in [-0.05, 0) is 37.3 Å². The number of rotatable bonds is 27. The molecule has 3 rings (SSSR count). The number of β-amino-alcohol motifs (C(OH)–C–C–N with tert-alkyl or cyclic N) is 1. The largest absolute Gasteiger partial charge is 0.391 e. The van der Waals surface area contributed by atoms with Crippen LogP contribution in [0, 0.1) is 19.3 Å². The Hall–Kier alpha value is -3.06. The van der Waals surface area contributed by atoms with Crippen molar-refractivity contribution in [2.75, 3.05) is 99.0 Å². The van der Waals surface area contributed by atoms with E-state index in [1.54, 1.807) is 11.3 Å². The Bertz CT molecular complexity index is 1400. The molecular formula is C39H61N4O11S. The van der Waals surface area contributed by atoms with Crippen LogP contribution in [-0.2, 0) is 47.5 Å². The van der Waals surface area contributed by atoms with Gasteiger partial charge in [-0.1, -0.05) is 45.0 Å². The third-order valence-electron chi connectivity index (χ3n) is 8.67. The Morgan fingerprint density at radius 1 is 0.855 bits per heavy atom. The summed E-state index contributed by atoms with van der Waals surface area (Å²) in [6.07, 6.45) is -0.770. The fraction of sp³-hybridized carbons (Fsp3) is 0.667. The molecule has 0 saturated carbocycles. The van der Waals surface area contributed by atoms with Crippen LogP contribution in [0.3, 0.4) is 0 Å². The highest BCUT2D eigenvalue weighted by Crippen LogP contribution is 2.29. The van der Waals surface area contributed by atoms with Crippen LogP contribution in [0.5, 0.6) is 0 Å². The lowest BCUT2D eigenvalue weighted by atomic mass is 9.85. The topological polar surface area (TPSA) is 176 Å². The van der Waals surface area contributed by atoms with Crippen LogP contribution in [0.2, 0.25) is 0 Å². The monoisotopic (exact) mass is 793 g/mol. The molecule has 0 spiro atoms. The summed E-state index contributed by atoms with van der Waals surface area (Å²) in [5, 5.41) is 16.3. The highest BCUT2D eigenvalue weighted by atomic mass is 32.1. The molecule has 1 fully saturated rings. The number of aliphatic hydroxyl groups is 1. The number of likely N-dealkylation sites (tertiary alicyclic amines) is 1. The molecule has 2 heterocycles. The van der Waals surface area contributed by atoms with Crippen molar-refractivity contribution in [3.05, 3.63) is 48.0 Å². The minimum absolute atomic E-state index is 0.0124. The van der Waals surface area contributed by atoms with Crippen molar-refractivity contribution < 1.29 is 52.6 Å². The highest BCUT2D eigenvalue weighted by molar-refractivity contribution is 7.13. The van der Waals surface area contributed by atoms with E-state index in [-0.39, 0.29) is 44.7 Å². The van der Waals surface area contributed by atoms with E-state index in [4.69, 9.17) is 33.2 Å². The van der Waals surface area contributed by atoms with Crippen molar-refractivity contribution in [3.8, 4) is 10.4 Å². The van der Waals surface area contributed by atoms with Gasteiger partial charge < -0.3 is 53.8 Å². The standard InChI is InChI=1S/C39H61N4O11S/c1-7-48-12-13-49-14-15-50-16-17-51-18-19-52-20-21-53-22-23-54-26-34(45)42-36(39(4,5)6)38(47)43-25-32(44)24-33(43)37(46)41-28(2)30-8-10-31(11-9-30)35-29(3)40-27-55-35/h8-11,27-28,32-33,36,44H,1,7,12-26H2,2-6H3,(H,41,46)(H,42,45)/t28-,32+,33-,36+/m0/s1. The molecule has 1 aromatic carbocycles. The smallest absolute Gasteiger partial charge is 0.246 e. The molecule has 15 nitrogen and oxygen atoms in total. The number of carbonyl (C=O) groups excluding carboxylic acids is 3. The van der Waals surface area contributed by atoms with Crippen LogP contribution in [-0.4, -0.2) is 150 Å².